The van der Waals surface area contributed by atoms with Gasteiger partial charge in [-0.3, -0.25) is 14.7 Å². The fraction of sp³-hybridized carbons (Fsp3) is 0.500. The molecule has 1 amide bonds. The van der Waals surface area contributed by atoms with Gasteiger partial charge in [0.1, 0.15) is 0 Å². The molecule has 0 bridgehead atoms. The van der Waals surface area contributed by atoms with Crippen LogP contribution in [0.5, 0.6) is 0 Å². The number of nitrogens with one attached hydrogen (secondary N) is 1. The van der Waals surface area contributed by atoms with Crippen LogP contribution in [0.1, 0.15) is 48.2 Å². The maximum Gasteiger partial charge on any atom is 0.234 e. The first kappa shape index (κ1) is 22.7. The highest BCUT2D eigenvalue weighted by molar-refractivity contribution is 6.30. The lowest BCUT2D eigenvalue weighted by Crippen LogP contribution is -2.44. The summed E-state index contributed by atoms with van der Waals surface area (Å²) in [6.07, 6.45) is 2.93. The first-order valence-corrected chi connectivity index (χ1v) is 11.0. The molecule has 2 aromatic rings. The summed E-state index contributed by atoms with van der Waals surface area (Å²) in [6.45, 7) is 6.83. The number of amides is 1. The molecule has 1 fully saturated rings. The van der Waals surface area contributed by atoms with Crippen LogP contribution in [0.2, 0.25) is 5.02 Å². The molecular weight excluding hydrogens is 398 g/mol. The minimum Gasteiger partial charge on any atom is -0.383 e. The number of methoxy groups -OCH3 is 1. The summed E-state index contributed by atoms with van der Waals surface area (Å²) >= 11 is 6.00. The zero-order chi connectivity index (χ0) is 21.5. The van der Waals surface area contributed by atoms with Gasteiger partial charge in [-0.25, -0.2) is 0 Å². The molecule has 5 nitrogen and oxygen atoms in total. The number of halogens is 1. The Balaban J connectivity index is 1.55. The molecular formula is C24H32ClN3O2. The number of rotatable bonds is 8. The Morgan fingerprint density at radius 3 is 2.60 bits per heavy atom. The number of hydrogen-bond acceptors (Lipinski definition) is 4. The molecule has 0 spiro atoms. The summed E-state index contributed by atoms with van der Waals surface area (Å²) < 4.78 is 5.08. The summed E-state index contributed by atoms with van der Waals surface area (Å²) in [5, 5.41) is 3.75. The van der Waals surface area contributed by atoms with E-state index in [1.807, 2.05) is 19.1 Å². The number of carbonyl (C=O) groups excluding carboxylic acids is 1. The molecule has 30 heavy (non-hydrogen) atoms. The van der Waals surface area contributed by atoms with E-state index < -0.39 is 0 Å². The van der Waals surface area contributed by atoms with Gasteiger partial charge in [0.05, 0.1) is 13.2 Å². The largest absolute Gasteiger partial charge is 0.383 e. The van der Waals surface area contributed by atoms with Gasteiger partial charge in [-0.1, -0.05) is 23.7 Å². The van der Waals surface area contributed by atoms with Crippen molar-refractivity contribution < 1.29 is 9.53 Å². The van der Waals surface area contributed by atoms with Crippen LogP contribution in [0.3, 0.4) is 0 Å². The molecule has 1 unspecified atom stereocenters. The zero-order valence-corrected chi connectivity index (χ0v) is 18.9. The zero-order valence-electron chi connectivity index (χ0n) is 18.2. The van der Waals surface area contributed by atoms with Gasteiger partial charge in [0.2, 0.25) is 5.91 Å². The Morgan fingerprint density at radius 2 is 1.93 bits per heavy atom. The van der Waals surface area contributed by atoms with Gasteiger partial charge in [0.25, 0.3) is 0 Å². The van der Waals surface area contributed by atoms with E-state index in [9.17, 15) is 4.79 Å². The lowest BCUT2D eigenvalue weighted by Gasteiger charge is -2.31. The second-order valence-electron chi connectivity index (χ2n) is 8.32. The van der Waals surface area contributed by atoms with E-state index in [4.69, 9.17) is 21.3 Å². The monoisotopic (exact) mass is 429 g/mol. The van der Waals surface area contributed by atoms with Crippen molar-refractivity contribution in [1.29, 1.82) is 0 Å². The topological polar surface area (TPSA) is 54.5 Å². The normalized spacial score (nSPS) is 16.4. The second kappa shape index (κ2) is 10.9. The first-order valence-electron chi connectivity index (χ1n) is 10.7. The Hall–Kier alpha value is -1.95. The lowest BCUT2D eigenvalue weighted by atomic mass is 9.91. The molecule has 1 aliphatic heterocycles. The number of ether oxygens (including phenoxy) is 1. The average molecular weight is 430 g/mol. The number of likely N-dealkylation sites (tertiary alicyclic amines) is 1. The Bertz CT molecular complexity index is 833. The van der Waals surface area contributed by atoms with Crippen molar-refractivity contribution in [2.24, 2.45) is 0 Å². The maximum absolute atomic E-state index is 12.2. The standard InChI is InChI=1S/C24H32ClN3O2/c1-17-12-20(13-19-4-6-22(25)7-5-19)14-23(26-17)21-8-10-28(11-9-21)15-24(29)27-18(2)16-30-3/h4-7,12,14,18,21H,8-11,13,15-16H2,1-3H3,(H,27,29). The van der Waals surface area contributed by atoms with Crippen molar-refractivity contribution >= 4 is 17.5 Å². The van der Waals surface area contributed by atoms with Crippen LogP contribution in [0.4, 0.5) is 0 Å². The van der Waals surface area contributed by atoms with Crippen LogP contribution in [-0.4, -0.2) is 55.2 Å². The van der Waals surface area contributed by atoms with E-state index in [1.54, 1.807) is 7.11 Å². The summed E-state index contributed by atoms with van der Waals surface area (Å²) in [4.78, 5) is 19.3. The highest BCUT2D eigenvalue weighted by Gasteiger charge is 2.23. The quantitative estimate of drug-likeness (QED) is 0.690. The maximum atomic E-state index is 12.2. The summed E-state index contributed by atoms with van der Waals surface area (Å²) in [7, 11) is 1.65. The van der Waals surface area contributed by atoms with E-state index in [0.29, 0.717) is 19.1 Å². The van der Waals surface area contributed by atoms with Crippen molar-refractivity contribution in [1.82, 2.24) is 15.2 Å². The molecule has 1 saturated heterocycles. The second-order valence-corrected chi connectivity index (χ2v) is 8.76. The van der Waals surface area contributed by atoms with E-state index >= 15 is 0 Å². The van der Waals surface area contributed by atoms with Crippen molar-refractivity contribution in [3.8, 4) is 0 Å². The van der Waals surface area contributed by atoms with Crippen molar-refractivity contribution in [2.45, 2.75) is 45.1 Å². The fourth-order valence-electron chi connectivity index (χ4n) is 4.12. The third-order valence-electron chi connectivity index (χ3n) is 5.55. The van der Waals surface area contributed by atoms with Crippen LogP contribution in [0.25, 0.3) is 0 Å². The number of piperidine rings is 1. The van der Waals surface area contributed by atoms with Gasteiger partial charge in [0.15, 0.2) is 0 Å². The molecule has 0 aliphatic carbocycles. The number of aryl methyl sites for hydroxylation is 1. The van der Waals surface area contributed by atoms with Gasteiger partial charge in [0, 0.05) is 35.5 Å². The van der Waals surface area contributed by atoms with E-state index in [0.717, 1.165) is 43.1 Å². The van der Waals surface area contributed by atoms with E-state index in [2.05, 4.69) is 41.4 Å². The summed E-state index contributed by atoms with van der Waals surface area (Å²) in [5.41, 5.74) is 4.77. The van der Waals surface area contributed by atoms with E-state index in [-0.39, 0.29) is 11.9 Å². The number of carbonyl (C=O) groups is 1. The minimum absolute atomic E-state index is 0.0376. The van der Waals surface area contributed by atoms with Gasteiger partial charge in [-0.15, -0.1) is 0 Å². The molecule has 0 radical (unpaired) electrons. The lowest BCUT2D eigenvalue weighted by molar-refractivity contribution is -0.123. The van der Waals surface area contributed by atoms with Crippen LogP contribution < -0.4 is 5.32 Å². The summed E-state index contributed by atoms with van der Waals surface area (Å²) in [5.74, 6) is 0.512. The van der Waals surface area contributed by atoms with Crippen LogP contribution in [-0.2, 0) is 16.0 Å². The molecule has 6 heteroatoms. The van der Waals surface area contributed by atoms with Gasteiger partial charge < -0.3 is 10.1 Å². The molecule has 1 aromatic carbocycles. The Kier molecular flexibility index (Phi) is 8.25. The fourth-order valence-corrected chi connectivity index (χ4v) is 4.25. The van der Waals surface area contributed by atoms with Crippen LogP contribution in [0.15, 0.2) is 36.4 Å². The summed E-state index contributed by atoms with van der Waals surface area (Å²) in [6, 6.07) is 12.5. The number of aromatic nitrogens is 1. The van der Waals surface area contributed by atoms with Crippen LogP contribution in [0, 0.1) is 6.92 Å². The third kappa shape index (κ3) is 6.79. The molecule has 0 saturated carbocycles. The number of benzene rings is 1. The Labute approximate surface area is 184 Å². The molecule has 2 heterocycles. The predicted octanol–water partition coefficient (Wildman–Crippen LogP) is 3.96. The first-order chi connectivity index (χ1) is 14.4. The highest BCUT2D eigenvalue weighted by atomic mass is 35.5. The predicted molar refractivity (Wildman–Crippen MR) is 121 cm³/mol. The number of nitrogens with zero attached hydrogens (tertiary/aromatic N) is 2. The van der Waals surface area contributed by atoms with E-state index in [1.165, 1.54) is 16.8 Å². The van der Waals surface area contributed by atoms with Gasteiger partial charge in [-0.2, -0.15) is 0 Å². The minimum atomic E-state index is 0.0376. The average Bonchev–Trinajstić information content (AvgIpc) is 2.70. The molecule has 1 N–H and O–H groups in total. The van der Waals surface area contributed by atoms with Crippen molar-refractivity contribution in [2.75, 3.05) is 33.4 Å². The molecule has 3 rings (SSSR count). The smallest absolute Gasteiger partial charge is 0.234 e. The molecule has 1 aromatic heterocycles. The van der Waals surface area contributed by atoms with Crippen molar-refractivity contribution in [3.63, 3.8) is 0 Å². The number of hydrogen-bond donors (Lipinski definition) is 1. The molecule has 1 atom stereocenters. The van der Waals surface area contributed by atoms with Crippen molar-refractivity contribution in [3.05, 3.63) is 63.9 Å². The number of pyridine rings is 1. The molecule has 162 valence electrons. The SMILES string of the molecule is COCC(C)NC(=O)CN1CCC(c2cc(Cc3ccc(Cl)cc3)cc(C)n2)CC1. The van der Waals surface area contributed by atoms with Gasteiger partial charge >= 0.3 is 0 Å². The molecule has 1 aliphatic rings. The highest BCUT2D eigenvalue weighted by Crippen LogP contribution is 2.28. The third-order valence-corrected chi connectivity index (χ3v) is 5.80. The Morgan fingerprint density at radius 1 is 1.23 bits per heavy atom. The van der Waals surface area contributed by atoms with Crippen LogP contribution >= 0.6 is 11.6 Å². The van der Waals surface area contributed by atoms with Gasteiger partial charge in [-0.05, 0) is 81.6 Å².